The van der Waals surface area contributed by atoms with Gasteiger partial charge < -0.3 is 15.3 Å². The van der Waals surface area contributed by atoms with Crippen molar-refractivity contribution in [3.8, 4) is 0 Å². The number of likely N-dealkylation sites (N-methyl/N-ethyl adjacent to an activating group) is 1. The molecule has 1 aliphatic carbocycles. The Kier molecular flexibility index (Phi) is 5.41. The molecule has 2 rings (SSSR count). The maximum atomic E-state index is 12.7. The van der Waals surface area contributed by atoms with Crippen LogP contribution in [0.4, 0.5) is 0 Å². The fourth-order valence-corrected chi connectivity index (χ4v) is 3.65. The Morgan fingerprint density at radius 2 is 1.85 bits per heavy atom. The molecule has 2 aliphatic rings. The normalized spacial score (nSPS) is 24.2. The second kappa shape index (κ2) is 6.87. The molecule has 1 heterocycles. The van der Waals surface area contributed by atoms with Crippen LogP contribution in [0.15, 0.2) is 0 Å². The SMILES string of the molecule is CN(C)C[C@H](O)CNC(=O)C1(N2CCCC2)CCCC1. The van der Waals surface area contributed by atoms with E-state index in [1.54, 1.807) is 0 Å². The molecule has 0 spiro atoms. The summed E-state index contributed by atoms with van der Waals surface area (Å²) < 4.78 is 0. The van der Waals surface area contributed by atoms with E-state index in [2.05, 4.69) is 10.2 Å². The van der Waals surface area contributed by atoms with Crippen LogP contribution in [0.2, 0.25) is 0 Å². The van der Waals surface area contributed by atoms with Gasteiger partial charge in [-0.1, -0.05) is 12.8 Å². The van der Waals surface area contributed by atoms with E-state index in [1.165, 1.54) is 12.8 Å². The maximum absolute atomic E-state index is 12.7. The zero-order chi connectivity index (χ0) is 14.6. The molecule has 2 fully saturated rings. The zero-order valence-electron chi connectivity index (χ0n) is 12.9. The largest absolute Gasteiger partial charge is 0.390 e. The standard InChI is InChI=1S/C15H29N3O2/c1-17(2)12-13(19)11-16-14(20)15(7-3-4-8-15)18-9-5-6-10-18/h13,19H,3-12H2,1-2H3,(H,16,20)/t13-/m1/s1. The molecule has 0 radical (unpaired) electrons. The van der Waals surface area contributed by atoms with E-state index >= 15 is 0 Å². The van der Waals surface area contributed by atoms with Gasteiger partial charge in [0.05, 0.1) is 6.10 Å². The minimum atomic E-state index is -0.494. The minimum absolute atomic E-state index is 0.134. The van der Waals surface area contributed by atoms with Gasteiger partial charge >= 0.3 is 0 Å². The molecule has 20 heavy (non-hydrogen) atoms. The summed E-state index contributed by atoms with van der Waals surface area (Å²) in [6, 6.07) is 0. The lowest BCUT2D eigenvalue weighted by atomic mass is 9.94. The predicted octanol–water partition coefficient (Wildman–Crippen LogP) is 0.434. The molecule has 1 amide bonds. The summed E-state index contributed by atoms with van der Waals surface area (Å²) in [6.45, 7) is 3.03. The summed E-state index contributed by atoms with van der Waals surface area (Å²) in [5.74, 6) is 0.134. The van der Waals surface area contributed by atoms with Crippen LogP contribution in [0.1, 0.15) is 38.5 Å². The Balaban J connectivity index is 1.90. The number of likely N-dealkylation sites (tertiary alicyclic amines) is 1. The Labute approximate surface area is 122 Å². The zero-order valence-corrected chi connectivity index (χ0v) is 12.9. The van der Waals surface area contributed by atoms with Gasteiger partial charge in [-0.2, -0.15) is 0 Å². The topological polar surface area (TPSA) is 55.8 Å². The molecule has 0 aromatic rings. The first-order chi connectivity index (χ1) is 9.54. The molecule has 116 valence electrons. The van der Waals surface area contributed by atoms with E-state index < -0.39 is 6.10 Å². The van der Waals surface area contributed by atoms with Crippen LogP contribution in [0, 0.1) is 0 Å². The lowest BCUT2D eigenvalue weighted by molar-refractivity contribution is -0.133. The molecule has 1 saturated heterocycles. The number of nitrogens with zero attached hydrogens (tertiary/aromatic N) is 2. The summed E-state index contributed by atoms with van der Waals surface area (Å²) in [6.07, 6.45) is 6.15. The van der Waals surface area contributed by atoms with Gasteiger partial charge in [-0.3, -0.25) is 9.69 Å². The fourth-order valence-electron chi connectivity index (χ4n) is 3.65. The quantitative estimate of drug-likeness (QED) is 0.742. The second-order valence-electron chi connectivity index (χ2n) is 6.56. The van der Waals surface area contributed by atoms with Crippen LogP contribution < -0.4 is 5.32 Å². The van der Waals surface area contributed by atoms with Gasteiger partial charge in [0, 0.05) is 13.1 Å². The molecule has 2 N–H and O–H groups in total. The third-order valence-corrected chi connectivity index (χ3v) is 4.64. The molecule has 0 aromatic carbocycles. The van der Waals surface area contributed by atoms with Crippen molar-refractivity contribution in [2.45, 2.75) is 50.2 Å². The van der Waals surface area contributed by atoms with E-state index in [9.17, 15) is 9.90 Å². The molecule has 1 saturated carbocycles. The number of aliphatic hydroxyl groups excluding tert-OH is 1. The molecule has 0 aromatic heterocycles. The third kappa shape index (κ3) is 3.51. The first-order valence-corrected chi connectivity index (χ1v) is 7.91. The average molecular weight is 283 g/mol. The summed E-state index contributed by atoms with van der Waals surface area (Å²) in [5.41, 5.74) is -0.283. The van der Waals surface area contributed by atoms with Crippen molar-refractivity contribution in [1.82, 2.24) is 15.1 Å². The lowest BCUT2D eigenvalue weighted by Gasteiger charge is -2.37. The number of carbonyl (C=O) groups excluding carboxylic acids is 1. The Hall–Kier alpha value is -0.650. The van der Waals surface area contributed by atoms with Crippen LogP contribution in [0.25, 0.3) is 0 Å². The molecular weight excluding hydrogens is 254 g/mol. The third-order valence-electron chi connectivity index (χ3n) is 4.64. The van der Waals surface area contributed by atoms with Crippen molar-refractivity contribution in [1.29, 1.82) is 0 Å². The predicted molar refractivity (Wildman–Crippen MR) is 79.6 cm³/mol. The van der Waals surface area contributed by atoms with Gasteiger partial charge in [0.25, 0.3) is 0 Å². The van der Waals surface area contributed by atoms with E-state index in [0.717, 1.165) is 38.8 Å². The smallest absolute Gasteiger partial charge is 0.240 e. The Morgan fingerprint density at radius 1 is 1.25 bits per heavy atom. The highest BCUT2D eigenvalue weighted by atomic mass is 16.3. The van der Waals surface area contributed by atoms with Gasteiger partial charge in [-0.15, -0.1) is 0 Å². The number of hydrogen-bond donors (Lipinski definition) is 2. The minimum Gasteiger partial charge on any atom is -0.390 e. The number of carbonyl (C=O) groups is 1. The first kappa shape index (κ1) is 15.7. The highest BCUT2D eigenvalue weighted by Crippen LogP contribution is 2.37. The molecule has 5 heteroatoms. The summed E-state index contributed by atoms with van der Waals surface area (Å²) in [5, 5.41) is 12.9. The first-order valence-electron chi connectivity index (χ1n) is 7.91. The summed E-state index contributed by atoms with van der Waals surface area (Å²) >= 11 is 0. The van der Waals surface area contributed by atoms with Gasteiger partial charge in [0.1, 0.15) is 5.54 Å². The van der Waals surface area contributed by atoms with Gasteiger partial charge in [0.2, 0.25) is 5.91 Å². The number of aliphatic hydroxyl groups is 1. The highest BCUT2D eigenvalue weighted by molar-refractivity contribution is 5.86. The van der Waals surface area contributed by atoms with E-state index in [-0.39, 0.29) is 11.4 Å². The Morgan fingerprint density at radius 3 is 2.40 bits per heavy atom. The summed E-state index contributed by atoms with van der Waals surface area (Å²) in [4.78, 5) is 17.0. The summed E-state index contributed by atoms with van der Waals surface area (Å²) in [7, 11) is 3.85. The van der Waals surface area contributed by atoms with Crippen molar-refractivity contribution >= 4 is 5.91 Å². The molecule has 1 atom stereocenters. The molecule has 0 bridgehead atoms. The van der Waals surface area contributed by atoms with E-state index in [4.69, 9.17) is 0 Å². The molecular formula is C15H29N3O2. The molecule has 5 nitrogen and oxygen atoms in total. The maximum Gasteiger partial charge on any atom is 0.240 e. The van der Waals surface area contributed by atoms with Crippen molar-refractivity contribution in [2.24, 2.45) is 0 Å². The Bertz CT molecular complexity index is 321. The van der Waals surface area contributed by atoms with Gasteiger partial charge in [-0.25, -0.2) is 0 Å². The molecule has 0 unspecified atom stereocenters. The van der Waals surface area contributed by atoms with Crippen LogP contribution in [-0.4, -0.2) is 72.7 Å². The number of nitrogens with one attached hydrogen (secondary N) is 1. The number of hydrogen-bond acceptors (Lipinski definition) is 4. The van der Waals surface area contributed by atoms with Crippen LogP contribution in [0.5, 0.6) is 0 Å². The van der Waals surface area contributed by atoms with Crippen molar-refractivity contribution in [3.05, 3.63) is 0 Å². The number of rotatable bonds is 6. The van der Waals surface area contributed by atoms with Crippen LogP contribution in [0.3, 0.4) is 0 Å². The fraction of sp³-hybridized carbons (Fsp3) is 0.933. The van der Waals surface area contributed by atoms with Crippen LogP contribution in [-0.2, 0) is 4.79 Å². The molecule has 1 aliphatic heterocycles. The highest BCUT2D eigenvalue weighted by Gasteiger charge is 2.46. The van der Waals surface area contributed by atoms with Crippen molar-refractivity contribution in [3.63, 3.8) is 0 Å². The van der Waals surface area contributed by atoms with E-state index in [1.807, 2.05) is 19.0 Å². The number of amides is 1. The van der Waals surface area contributed by atoms with Gasteiger partial charge in [-0.05, 0) is 52.9 Å². The van der Waals surface area contributed by atoms with Gasteiger partial charge in [0.15, 0.2) is 0 Å². The lowest BCUT2D eigenvalue weighted by Crippen LogP contribution is -2.57. The monoisotopic (exact) mass is 283 g/mol. The van der Waals surface area contributed by atoms with Crippen molar-refractivity contribution in [2.75, 3.05) is 40.3 Å². The second-order valence-corrected chi connectivity index (χ2v) is 6.56. The average Bonchev–Trinajstić information content (AvgIpc) is 3.05. The van der Waals surface area contributed by atoms with E-state index in [0.29, 0.717) is 13.1 Å². The van der Waals surface area contributed by atoms with Crippen LogP contribution >= 0.6 is 0 Å². The van der Waals surface area contributed by atoms with Crippen molar-refractivity contribution < 1.29 is 9.90 Å².